The number of fused-ring (bicyclic) bond motifs is 1. The van der Waals surface area contributed by atoms with E-state index in [0.29, 0.717) is 5.56 Å². The third kappa shape index (κ3) is 3.08. The first-order valence-corrected chi connectivity index (χ1v) is 8.67. The van der Waals surface area contributed by atoms with Gasteiger partial charge in [-0.25, -0.2) is 0 Å². The summed E-state index contributed by atoms with van der Waals surface area (Å²) < 4.78 is 7.18. The van der Waals surface area contributed by atoms with E-state index in [1.807, 2.05) is 7.05 Å². The second kappa shape index (κ2) is 6.39. The minimum absolute atomic E-state index is 0.0610. The Balaban J connectivity index is 1.42. The van der Waals surface area contributed by atoms with Gasteiger partial charge in [-0.05, 0) is 38.8 Å². The minimum Gasteiger partial charge on any atom is -0.361 e. The molecule has 2 aromatic rings. The summed E-state index contributed by atoms with van der Waals surface area (Å²) in [7, 11) is 1.81. The van der Waals surface area contributed by atoms with Crippen LogP contribution in [0, 0.1) is 0 Å². The number of aryl methyl sites for hydroxylation is 2. The maximum atomic E-state index is 12.3. The number of carbonyl (C=O) groups is 1. The molecule has 1 aliphatic carbocycles. The van der Waals surface area contributed by atoms with Crippen molar-refractivity contribution >= 4 is 5.91 Å². The van der Waals surface area contributed by atoms with Gasteiger partial charge in [-0.3, -0.25) is 14.4 Å². The normalized spacial score (nSPS) is 21.0. The van der Waals surface area contributed by atoms with Crippen LogP contribution in [0.15, 0.2) is 16.9 Å². The number of likely N-dealkylation sites (tertiary alicyclic amines) is 1. The maximum absolute atomic E-state index is 12.3. The van der Waals surface area contributed by atoms with E-state index in [4.69, 9.17) is 4.52 Å². The van der Waals surface area contributed by atoms with Crippen LogP contribution in [0.2, 0.25) is 0 Å². The molecule has 1 atom stereocenters. The van der Waals surface area contributed by atoms with Gasteiger partial charge in [0.1, 0.15) is 11.5 Å². The van der Waals surface area contributed by atoms with Gasteiger partial charge >= 0.3 is 0 Å². The molecule has 2 aliphatic rings. The van der Waals surface area contributed by atoms with Gasteiger partial charge in [0, 0.05) is 37.8 Å². The lowest BCUT2D eigenvalue weighted by atomic mass is 9.91. The van der Waals surface area contributed by atoms with Crippen LogP contribution in [0.1, 0.15) is 46.6 Å². The number of hydrogen-bond acceptors (Lipinski definition) is 5. The van der Waals surface area contributed by atoms with Crippen molar-refractivity contribution in [3.63, 3.8) is 0 Å². The molecule has 128 valence electrons. The predicted octanol–water partition coefficient (Wildman–Crippen LogP) is 1.29. The lowest BCUT2D eigenvalue weighted by Gasteiger charge is -2.23. The van der Waals surface area contributed by atoms with E-state index in [0.717, 1.165) is 50.4 Å². The van der Waals surface area contributed by atoms with E-state index >= 15 is 0 Å². The predicted molar refractivity (Wildman–Crippen MR) is 87.5 cm³/mol. The summed E-state index contributed by atoms with van der Waals surface area (Å²) in [5.41, 5.74) is 2.85. The molecular weight excluding hydrogens is 306 g/mol. The molecule has 1 N–H and O–H groups in total. The molecule has 1 aliphatic heterocycles. The molecule has 3 heterocycles. The van der Waals surface area contributed by atoms with Crippen molar-refractivity contribution in [2.75, 3.05) is 13.1 Å². The Kier molecular flexibility index (Phi) is 4.10. The van der Waals surface area contributed by atoms with Crippen molar-refractivity contribution in [3.05, 3.63) is 35.0 Å². The summed E-state index contributed by atoms with van der Waals surface area (Å²) in [6.07, 6.45) is 8.39. The first kappa shape index (κ1) is 15.4. The Morgan fingerprint density at radius 3 is 3.00 bits per heavy atom. The SMILES string of the molecule is Cn1cc(C(=O)NC2CCc3onc(CN4CCCC4)c3C2)cn1. The smallest absolute Gasteiger partial charge is 0.254 e. The van der Waals surface area contributed by atoms with E-state index < -0.39 is 0 Å². The number of carbonyl (C=O) groups excluding carboxylic acids is 1. The summed E-state index contributed by atoms with van der Waals surface area (Å²) in [5.74, 6) is 0.935. The van der Waals surface area contributed by atoms with Crippen LogP contribution in [0.25, 0.3) is 0 Å². The zero-order valence-electron chi connectivity index (χ0n) is 14.0. The van der Waals surface area contributed by atoms with Crippen LogP contribution in [0.5, 0.6) is 0 Å². The lowest BCUT2D eigenvalue weighted by Crippen LogP contribution is -2.38. The molecule has 0 saturated carbocycles. The van der Waals surface area contributed by atoms with Crippen molar-refractivity contribution in [2.24, 2.45) is 7.05 Å². The van der Waals surface area contributed by atoms with Gasteiger partial charge < -0.3 is 9.84 Å². The molecule has 7 nitrogen and oxygen atoms in total. The molecule has 0 spiro atoms. The number of nitrogens with one attached hydrogen (secondary N) is 1. The Hall–Kier alpha value is -2.15. The average molecular weight is 329 g/mol. The van der Waals surface area contributed by atoms with E-state index in [1.165, 1.54) is 18.4 Å². The molecule has 7 heteroatoms. The van der Waals surface area contributed by atoms with Crippen molar-refractivity contribution in [1.82, 2.24) is 25.2 Å². The van der Waals surface area contributed by atoms with E-state index in [1.54, 1.807) is 17.1 Å². The second-order valence-electron chi connectivity index (χ2n) is 6.83. The van der Waals surface area contributed by atoms with Gasteiger partial charge in [-0.1, -0.05) is 5.16 Å². The van der Waals surface area contributed by atoms with Crippen molar-refractivity contribution in [1.29, 1.82) is 0 Å². The summed E-state index contributed by atoms with van der Waals surface area (Å²) >= 11 is 0. The van der Waals surface area contributed by atoms with Gasteiger partial charge in [0.25, 0.3) is 5.91 Å². The van der Waals surface area contributed by atoms with Crippen LogP contribution in [0.3, 0.4) is 0 Å². The van der Waals surface area contributed by atoms with E-state index in [-0.39, 0.29) is 11.9 Å². The number of rotatable bonds is 4. The fourth-order valence-electron chi connectivity index (χ4n) is 3.67. The second-order valence-corrected chi connectivity index (χ2v) is 6.83. The van der Waals surface area contributed by atoms with Crippen LogP contribution in [-0.2, 0) is 26.4 Å². The Labute approximate surface area is 141 Å². The molecule has 1 unspecified atom stereocenters. The van der Waals surface area contributed by atoms with Gasteiger partial charge in [0.15, 0.2) is 0 Å². The molecule has 1 fully saturated rings. The van der Waals surface area contributed by atoms with Gasteiger partial charge in [0.05, 0.1) is 11.8 Å². The molecule has 2 aromatic heterocycles. The Morgan fingerprint density at radius 2 is 2.25 bits per heavy atom. The maximum Gasteiger partial charge on any atom is 0.254 e. The molecule has 4 rings (SSSR count). The van der Waals surface area contributed by atoms with E-state index in [9.17, 15) is 4.79 Å². The standard InChI is InChI=1S/C17H23N5O2/c1-21-10-12(9-18-21)17(23)19-13-4-5-16-14(8-13)15(20-24-16)11-22-6-2-3-7-22/h9-10,13H,2-8,11H2,1H3,(H,19,23). The zero-order chi connectivity index (χ0) is 16.5. The minimum atomic E-state index is -0.0610. The molecule has 0 bridgehead atoms. The van der Waals surface area contributed by atoms with Crippen LogP contribution < -0.4 is 5.32 Å². The topological polar surface area (TPSA) is 76.2 Å². The first-order chi connectivity index (χ1) is 11.7. The molecule has 1 saturated heterocycles. The Bertz CT molecular complexity index is 729. The number of hydrogen-bond donors (Lipinski definition) is 1. The average Bonchev–Trinajstić information content (AvgIpc) is 3.30. The van der Waals surface area contributed by atoms with Crippen LogP contribution in [0.4, 0.5) is 0 Å². The van der Waals surface area contributed by atoms with Gasteiger partial charge in [-0.15, -0.1) is 0 Å². The van der Waals surface area contributed by atoms with Gasteiger partial charge in [0.2, 0.25) is 0 Å². The van der Waals surface area contributed by atoms with Crippen molar-refractivity contribution in [3.8, 4) is 0 Å². The monoisotopic (exact) mass is 329 g/mol. The quantitative estimate of drug-likeness (QED) is 0.915. The lowest BCUT2D eigenvalue weighted by molar-refractivity contribution is 0.0932. The Morgan fingerprint density at radius 1 is 1.42 bits per heavy atom. The highest BCUT2D eigenvalue weighted by Gasteiger charge is 2.28. The van der Waals surface area contributed by atoms with Crippen molar-refractivity contribution < 1.29 is 9.32 Å². The molecule has 24 heavy (non-hydrogen) atoms. The number of nitrogens with zero attached hydrogens (tertiary/aromatic N) is 4. The molecule has 0 radical (unpaired) electrons. The van der Waals surface area contributed by atoms with Crippen molar-refractivity contribution in [2.45, 2.75) is 44.7 Å². The summed E-state index contributed by atoms with van der Waals surface area (Å²) in [5, 5.41) is 11.5. The number of amides is 1. The highest BCUT2D eigenvalue weighted by molar-refractivity contribution is 5.93. The summed E-state index contributed by atoms with van der Waals surface area (Å²) in [6.45, 7) is 3.15. The van der Waals surface area contributed by atoms with E-state index in [2.05, 4.69) is 20.5 Å². The van der Waals surface area contributed by atoms with Crippen LogP contribution >= 0.6 is 0 Å². The highest BCUT2D eigenvalue weighted by Crippen LogP contribution is 2.26. The molecule has 1 amide bonds. The largest absolute Gasteiger partial charge is 0.361 e. The van der Waals surface area contributed by atoms with Crippen LogP contribution in [-0.4, -0.2) is 44.9 Å². The first-order valence-electron chi connectivity index (χ1n) is 8.67. The highest BCUT2D eigenvalue weighted by atomic mass is 16.5. The van der Waals surface area contributed by atoms with Gasteiger partial charge in [-0.2, -0.15) is 5.10 Å². The molecule has 0 aromatic carbocycles. The fraction of sp³-hybridized carbons (Fsp3) is 0.588. The summed E-state index contributed by atoms with van der Waals surface area (Å²) in [4.78, 5) is 14.8. The molecular formula is C17H23N5O2. The summed E-state index contributed by atoms with van der Waals surface area (Å²) in [6, 6.07) is 0.127. The third-order valence-corrected chi connectivity index (χ3v) is 5.00. The third-order valence-electron chi connectivity index (χ3n) is 5.00. The number of aromatic nitrogens is 3. The fourth-order valence-corrected chi connectivity index (χ4v) is 3.67. The zero-order valence-corrected chi connectivity index (χ0v) is 14.0.